The predicted molar refractivity (Wildman–Crippen MR) is 129 cm³/mol. The molecule has 1 aromatic rings. The van der Waals surface area contributed by atoms with Crippen molar-refractivity contribution >= 4 is 23.4 Å². The average molecular weight is 474 g/mol. The zero-order chi connectivity index (χ0) is 25.3. The van der Waals surface area contributed by atoms with Crippen LogP contribution in [0.5, 0.6) is 0 Å². The van der Waals surface area contributed by atoms with Crippen molar-refractivity contribution in [3.63, 3.8) is 0 Å². The molecular weight excluding hydrogens is 434 g/mol. The summed E-state index contributed by atoms with van der Waals surface area (Å²) in [4.78, 5) is 52.2. The highest BCUT2D eigenvalue weighted by Gasteiger charge is 2.39. The van der Waals surface area contributed by atoms with Gasteiger partial charge in [-0.05, 0) is 43.6 Å². The molecule has 1 N–H and O–H groups in total. The first-order valence-corrected chi connectivity index (χ1v) is 12.5. The van der Waals surface area contributed by atoms with Crippen LogP contribution < -0.4 is 0 Å². The zero-order valence-corrected chi connectivity index (χ0v) is 20.9. The fourth-order valence-electron chi connectivity index (χ4n) is 4.54. The minimum atomic E-state index is -1.10. The number of ether oxygens (including phenoxy) is 1. The second-order valence-electron chi connectivity index (χ2n) is 9.53. The van der Waals surface area contributed by atoms with E-state index in [4.69, 9.17) is 4.74 Å². The Kier molecular flexibility index (Phi) is 10.9. The van der Waals surface area contributed by atoms with Crippen LogP contribution in [0.3, 0.4) is 0 Å². The largest absolute Gasteiger partial charge is 0.464 e. The quantitative estimate of drug-likeness (QED) is 0.215. The molecule has 188 valence electrons. The van der Waals surface area contributed by atoms with Gasteiger partial charge in [0.2, 0.25) is 5.78 Å². The molecule has 0 bridgehead atoms. The van der Waals surface area contributed by atoms with Crippen LogP contribution in [0.15, 0.2) is 30.3 Å². The van der Waals surface area contributed by atoms with Crippen LogP contribution in [0.4, 0.5) is 0 Å². The normalized spacial score (nSPS) is 19.6. The van der Waals surface area contributed by atoms with Gasteiger partial charge in [-0.1, -0.05) is 64.4 Å². The maximum atomic E-state index is 12.9. The average Bonchev–Trinajstić information content (AvgIpc) is 2.86. The van der Waals surface area contributed by atoms with Crippen LogP contribution >= 0.6 is 0 Å². The fourth-order valence-corrected chi connectivity index (χ4v) is 4.54. The minimum absolute atomic E-state index is 0.135. The van der Waals surface area contributed by atoms with Crippen LogP contribution in [0, 0.1) is 11.8 Å². The summed E-state index contributed by atoms with van der Waals surface area (Å²) < 4.78 is 5.27. The van der Waals surface area contributed by atoms with Crippen LogP contribution in [0.1, 0.15) is 77.7 Å². The van der Waals surface area contributed by atoms with Crippen LogP contribution in [-0.2, 0) is 23.9 Å². The van der Waals surface area contributed by atoms with E-state index in [-0.39, 0.29) is 31.4 Å². The van der Waals surface area contributed by atoms with Gasteiger partial charge in [-0.3, -0.25) is 14.4 Å². The van der Waals surface area contributed by atoms with Crippen molar-refractivity contribution in [3.05, 3.63) is 35.9 Å². The lowest BCUT2D eigenvalue weighted by Gasteiger charge is -2.33. The first kappa shape index (κ1) is 27.7. The number of aliphatic hydroxyl groups is 1. The molecule has 1 aliphatic heterocycles. The van der Waals surface area contributed by atoms with Gasteiger partial charge < -0.3 is 14.7 Å². The standard InChI is InChI=1S/C27H39NO6/c1-5-6-16-34-27(33)22-14-10-11-15-28(22)26(32)25(31)24(30)19(3)17-18(2)23(29)20(4)21-12-8-7-9-13-21/h7-9,12-13,18-20,22-23,29H,5-6,10-11,14-17H2,1-4H3. The number of piperidine rings is 1. The third-order valence-electron chi connectivity index (χ3n) is 6.79. The van der Waals surface area contributed by atoms with Crippen molar-refractivity contribution in [1.29, 1.82) is 0 Å². The molecule has 1 heterocycles. The van der Waals surface area contributed by atoms with E-state index in [1.807, 2.05) is 51.1 Å². The minimum Gasteiger partial charge on any atom is -0.464 e. The summed E-state index contributed by atoms with van der Waals surface area (Å²) >= 11 is 0. The zero-order valence-electron chi connectivity index (χ0n) is 20.9. The number of carbonyl (C=O) groups is 4. The summed E-state index contributed by atoms with van der Waals surface area (Å²) in [5.41, 5.74) is 0.994. The van der Waals surface area contributed by atoms with E-state index in [0.717, 1.165) is 24.8 Å². The molecule has 0 saturated carbocycles. The first-order chi connectivity index (χ1) is 16.2. The summed E-state index contributed by atoms with van der Waals surface area (Å²) in [5, 5.41) is 10.8. The Bertz CT molecular complexity index is 839. The Hall–Kier alpha value is -2.54. The van der Waals surface area contributed by atoms with Gasteiger partial charge in [0.05, 0.1) is 12.7 Å². The van der Waals surface area contributed by atoms with Gasteiger partial charge >= 0.3 is 5.97 Å². The van der Waals surface area contributed by atoms with Crippen molar-refractivity contribution in [1.82, 2.24) is 4.90 Å². The second-order valence-corrected chi connectivity index (χ2v) is 9.53. The van der Waals surface area contributed by atoms with Crippen LogP contribution in [0.25, 0.3) is 0 Å². The number of ketones is 2. The van der Waals surface area contributed by atoms with E-state index >= 15 is 0 Å². The smallest absolute Gasteiger partial charge is 0.328 e. The van der Waals surface area contributed by atoms with E-state index in [1.54, 1.807) is 6.92 Å². The highest BCUT2D eigenvalue weighted by Crippen LogP contribution is 2.28. The number of likely N-dealkylation sites (tertiary alicyclic amines) is 1. The van der Waals surface area contributed by atoms with Crippen LogP contribution in [-0.4, -0.2) is 58.7 Å². The van der Waals surface area contributed by atoms with Gasteiger partial charge in [0.15, 0.2) is 0 Å². The number of hydrogen-bond acceptors (Lipinski definition) is 6. The van der Waals surface area contributed by atoms with E-state index < -0.39 is 41.5 Å². The Morgan fingerprint density at radius 1 is 1.09 bits per heavy atom. The van der Waals surface area contributed by atoms with Crippen molar-refractivity contribution in [2.24, 2.45) is 11.8 Å². The Balaban J connectivity index is 1.98. The molecule has 1 aromatic carbocycles. The number of carbonyl (C=O) groups excluding carboxylic acids is 4. The van der Waals surface area contributed by atoms with Gasteiger partial charge in [0.25, 0.3) is 11.7 Å². The summed E-state index contributed by atoms with van der Waals surface area (Å²) in [6, 6.07) is 8.80. The molecule has 1 aliphatic rings. The van der Waals surface area contributed by atoms with Gasteiger partial charge in [-0.15, -0.1) is 0 Å². The molecule has 7 nitrogen and oxygen atoms in total. The molecule has 34 heavy (non-hydrogen) atoms. The molecule has 0 spiro atoms. The van der Waals surface area contributed by atoms with Crippen molar-refractivity contribution in [3.8, 4) is 0 Å². The molecule has 1 amide bonds. The van der Waals surface area contributed by atoms with E-state index in [0.29, 0.717) is 12.8 Å². The number of esters is 1. The van der Waals surface area contributed by atoms with E-state index in [9.17, 15) is 24.3 Å². The molecule has 1 saturated heterocycles. The third kappa shape index (κ3) is 7.23. The van der Waals surface area contributed by atoms with Gasteiger partial charge in [-0.25, -0.2) is 4.79 Å². The summed E-state index contributed by atoms with van der Waals surface area (Å²) in [5.74, 6) is -4.43. The maximum Gasteiger partial charge on any atom is 0.328 e. The number of benzene rings is 1. The van der Waals surface area contributed by atoms with Crippen molar-refractivity contribution in [2.75, 3.05) is 13.2 Å². The number of unbranched alkanes of at least 4 members (excludes halogenated alkanes) is 1. The summed E-state index contributed by atoms with van der Waals surface area (Å²) in [7, 11) is 0. The molecule has 5 unspecified atom stereocenters. The number of aliphatic hydroxyl groups excluding tert-OH is 1. The van der Waals surface area contributed by atoms with Crippen molar-refractivity contribution < 1.29 is 29.0 Å². The summed E-state index contributed by atoms with van der Waals surface area (Å²) in [6.07, 6.45) is 3.03. The van der Waals surface area contributed by atoms with E-state index in [1.165, 1.54) is 4.90 Å². The number of Topliss-reactive ketones (excluding diaryl/α,β-unsaturated/α-hetero) is 2. The Labute approximate surface area is 202 Å². The van der Waals surface area contributed by atoms with E-state index in [2.05, 4.69) is 0 Å². The van der Waals surface area contributed by atoms with Crippen molar-refractivity contribution in [2.45, 2.75) is 84.3 Å². The summed E-state index contributed by atoms with van der Waals surface area (Å²) in [6.45, 7) is 7.89. The monoisotopic (exact) mass is 473 g/mol. The molecule has 0 radical (unpaired) electrons. The Morgan fingerprint density at radius 2 is 1.76 bits per heavy atom. The van der Waals surface area contributed by atoms with Gasteiger partial charge in [0, 0.05) is 18.4 Å². The molecule has 1 fully saturated rings. The molecule has 0 aromatic heterocycles. The molecule has 2 rings (SSSR count). The number of amides is 1. The lowest BCUT2D eigenvalue weighted by molar-refractivity contribution is -0.161. The molecule has 5 atom stereocenters. The highest BCUT2D eigenvalue weighted by atomic mass is 16.5. The molecular formula is C27H39NO6. The lowest BCUT2D eigenvalue weighted by atomic mass is 9.82. The predicted octanol–water partition coefficient (Wildman–Crippen LogP) is 3.68. The molecule has 0 aliphatic carbocycles. The first-order valence-electron chi connectivity index (χ1n) is 12.5. The maximum absolute atomic E-state index is 12.9. The van der Waals surface area contributed by atoms with Gasteiger partial charge in [-0.2, -0.15) is 0 Å². The fraction of sp³-hybridized carbons (Fsp3) is 0.630. The SMILES string of the molecule is CCCCOC(=O)C1CCCCN1C(=O)C(=O)C(=O)C(C)CC(C)C(O)C(C)c1ccccc1. The highest BCUT2D eigenvalue weighted by molar-refractivity contribution is 6.63. The second kappa shape index (κ2) is 13.4. The topological polar surface area (TPSA) is 101 Å². The Morgan fingerprint density at radius 3 is 2.41 bits per heavy atom. The number of hydrogen-bond donors (Lipinski definition) is 1. The third-order valence-corrected chi connectivity index (χ3v) is 6.79. The van der Waals surface area contributed by atoms with Crippen LogP contribution in [0.2, 0.25) is 0 Å². The van der Waals surface area contributed by atoms with Gasteiger partial charge in [0.1, 0.15) is 6.04 Å². The number of nitrogens with zero attached hydrogens (tertiary/aromatic N) is 1. The lowest BCUT2D eigenvalue weighted by Crippen LogP contribution is -2.52. The molecule has 7 heteroatoms. The number of rotatable bonds is 12.